The van der Waals surface area contributed by atoms with E-state index < -0.39 is 0 Å². The molecule has 2 rings (SSSR count). The van der Waals surface area contributed by atoms with Crippen LogP contribution in [0.1, 0.15) is 56.4 Å². The van der Waals surface area contributed by atoms with Crippen molar-refractivity contribution in [3.63, 3.8) is 0 Å². The fourth-order valence-corrected chi connectivity index (χ4v) is 3.06. The molecule has 0 spiro atoms. The molecular weight excluding hydrogens is 212 g/mol. The second kappa shape index (κ2) is 5.69. The summed E-state index contributed by atoms with van der Waals surface area (Å²) in [5, 5.41) is 0. The quantitative estimate of drug-likeness (QED) is 0.623. The fraction of sp³-hybridized carbons (Fsp3) is 0.714. The number of hydrazine groups is 1. The zero-order chi connectivity index (χ0) is 12.3. The number of nitrogens with one attached hydrogen (secondary N) is 1. The van der Waals surface area contributed by atoms with Gasteiger partial charge in [0.05, 0.1) is 12.3 Å². The molecule has 96 valence electrons. The van der Waals surface area contributed by atoms with E-state index in [1.807, 2.05) is 13.2 Å². The number of hydrogen-bond acceptors (Lipinski definition) is 3. The zero-order valence-corrected chi connectivity index (χ0v) is 10.9. The number of rotatable bonds is 4. The van der Waals surface area contributed by atoms with Crippen molar-refractivity contribution in [2.75, 3.05) is 0 Å². The van der Waals surface area contributed by atoms with Crippen LogP contribution in [-0.4, -0.2) is 0 Å². The highest BCUT2D eigenvalue weighted by Crippen LogP contribution is 2.37. The molecule has 0 aliphatic heterocycles. The van der Waals surface area contributed by atoms with Gasteiger partial charge in [-0.25, -0.2) is 0 Å². The predicted octanol–water partition coefficient (Wildman–Crippen LogP) is 3.31. The molecule has 1 saturated carbocycles. The van der Waals surface area contributed by atoms with E-state index in [1.54, 1.807) is 0 Å². The van der Waals surface area contributed by atoms with Crippen LogP contribution in [0.5, 0.6) is 0 Å². The van der Waals surface area contributed by atoms with E-state index in [2.05, 4.69) is 18.4 Å². The van der Waals surface area contributed by atoms with Gasteiger partial charge in [0.15, 0.2) is 0 Å². The normalized spacial score (nSPS) is 27.0. The van der Waals surface area contributed by atoms with Gasteiger partial charge in [-0.15, -0.1) is 0 Å². The minimum Gasteiger partial charge on any atom is -0.469 e. The highest BCUT2D eigenvalue weighted by atomic mass is 16.3. The maximum absolute atomic E-state index is 5.72. The second-order valence-corrected chi connectivity index (χ2v) is 5.32. The summed E-state index contributed by atoms with van der Waals surface area (Å²) in [6.07, 6.45) is 8.39. The molecule has 3 heteroatoms. The van der Waals surface area contributed by atoms with Crippen LogP contribution >= 0.6 is 0 Å². The number of nitrogens with two attached hydrogens (primary N) is 1. The highest BCUT2D eigenvalue weighted by Gasteiger charge is 2.28. The van der Waals surface area contributed by atoms with E-state index in [4.69, 9.17) is 10.3 Å². The lowest BCUT2D eigenvalue weighted by Gasteiger charge is -2.32. The number of hydrogen-bond donors (Lipinski definition) is 2. The van der Waals surface area contributed by atoms with Crippen LogP contribution in [0.4, 0.5) is 0 Å². The Morgan fingerprint density at radius 2 is 2.12 bits per heavy atom. The fourth-order valence-electron chi connectivity index (χ4n) is 3.06. The standard InChI is InChI=1S/C14H24N2O/c1-3-11-4-6-12(7-5-11)14(16-15)13-8-10(2)17-9-13/h8-9,11-12,14,16H,3-7,15H2,1-2H3. The largest absolute Gasteiger partial charge is 0.469 e. The molecule has 1 aliphatic carbocycles. The first-order valence-electron chi connectivity index (χ1n) is 6.75. The third-order valence-corrected chi connectivity index (χ3v) is 4.23. The first kappa shape index (κ1) is 12.7. The van der Waals surface area contributed by atoms with E-state index in [9.17, 15) is 0 Å². The van der Waals surface area contributed by atoms with Crippen molar-refractivity contribution >= 4 is 0 Å². The van der Waals surface area contributed by atoms with Crippen LogP contribution in [0.3, 0.4) is 0 Å². The summed E-state index contributed by atoms with van der Waals surface area (Å²) >= 11 is 0. The van der Waals surface area contributed by atoms with Gasteiger partial charge in [-0.2, -0.15) is 0 Å². The number of furan rings is 1. The Morgan fingerprint density at radius 1 is 1.41 bits per heavy atom. The second-order valence-electron chi connectivity index (χ2n) is 5.32. The molecule has 0 radical (unpaired) electrons. The molecule has 3 N–H and O–H groups in total. The maximum Gasteiger partial charge on any atom is 0.101 e. The van der Waals surface area contributed by atoms with Crippen molar-refractivity contribution in [2.45, 2.75) is 52.0 Å². The van der Waals surface area contributed by atoms with E-state index in [1.165, 1.54) is 37.7 Å². The molecule has 0 amide bonds. The van der Waals surface area contributed by atoms with Gasteiger partial charge < -0.3 is 4.42 Å². The molecule has 1 aromatic heterocycles. The summed E-state index contributed by atoms with van der Waals surface area (Å²) in [6, 6.07) is 2.35. The molecule has 1 atom stereocenters. The predicted molar refractivity (Wildman–Crippen MR) is 69.2 cm³/mol. The van der Waals surface area contributed by atoms with Crippen molar-refractivity contribution < 1.29 is 4.42 Å². The lowest BCUT2D eigenvalue weighted by Crippen LogP contribution is -2.35. The van der Waals surface area contributed by atoms with Crippen LogP contribution in [0, 0.1) is 18.8 Å². The molecule has 17 heavy (non-hydrogen) atoms. The molecule has 3 nitrogen and oxygen atoms in total. The van der Waals surface area contributed by atoms with Crippen LogP contribution in [0.2, 0.25) is 0 Å². The molecule has 0 bridgehead atoms. The van der Waals surface area contributed by atoms with Gasteiger partial charge in [-0.3, -0.25) is 11.3 Å². The Labute approximate surface area is 104 Å². The molecular formula is C14H24N2O. The summed E-state index contributed by atoms with van der Waals surface area (Å²) < 4.78 is 5.38. The van der Waals surface area contributed by atoms with Crippen LogP contribution < -0.4 is 11.3 Å². The Morgan fingerprint density at radius 3 is 2.59 bits per heavy atom. The first-order valence-corrected chi connectivity index (χ1v) is 6.75. The summed E-state index contributed by atoms with van der Waals surface area (Å²) in [5.41, 5.74) is 4.17. The van der Waals surface area contributed by atoms with Crippen LogP contribution in [-0.2, 0) is 0 Å². The maximum atomic E-state index is 5.72. The SMILES string of the molecule is CCC1CCC(C(NN)c2coc(C)c2)CC1. The van der Waals surface area contributed by atoms with Crippen molar-refractivity contribution in [2.24, 2.45) is 17.7 Å². The Kier molecular flexibility index (Phi) is 4.24. The summed E-state index contributed by atoms with van der Waals surface area (Å²) in [4.78, 5) is 0. The molecule has 1 fully saturated rings. The van der Waals surface area contributed by atoms with Gasteiger partial charge >= 0.3 is 0 Å². The van der Waals surface area contributed by atoms with E-state index in [0.717, 1.165) is 11.7 Å². The van der Waals surface area contributed by atoms with E-state index >= 15 is 0 Å². The van der Waals surface area contributed by atoms with Crippen LogP contribution in [0.25, 0.3) is 0 Å². The molecule has 0 aromatic carbocycles. The Balaban J connectivity index is 2.00. The van der Waals surface area contributed by atoms with Crippen LogP contribution in [0.15, 0.2) is 16.7 Å². The minimum atomic E-state index is 0.255. The summed E-state index contributed by atoms with van der Waals surface area (Å²) in [7, 11) is 0. The summed E-state index contributed by atoms with van der Waals surface area (Å²) in [6.45, 7) is 4.27. The lowest BCUT2D eigenvalue weighted by atomic mass is 9.76. The van der Waals surface area contributed by atoms with Gasteiger partial charge in [0, 0.05) is 5.56 Å². The van der Waals surface area contributed by atoms with Crippen molar-refractivity contribution in [3.8, 4) is 0 Å². The monoisotopic (exact) mass is 236 g/mol. The van der Waals surface area contributed by atoms with Crippen molar-refractivity contribution in [1.29, 1.82) is 0 Å². The summed E-state index contributed by atoms with van der Waals surface area (Å²) in [5.74, 6) is 8.26. The molecule has 1 aromatic rings. The Bertz CT molecular complexity index is 340. The third kappa shape index (κ3) is 2.90. The van der Waals surface area contributed by atoms with Gasteiger partial charge in [0.25, 0.3) is 0 Å². The van der Waals surface area contributed by atoms with Crippen molar-refractivity contribution in [3.05, 3.63) is 23.7 Å². The lowest BCUT2D eigenvalue weighted by molar-refractivity contribution is 0.219. The van der Waals surface area contributed by atoms with E-state index in [-0.39, 0.29) is 6.04 Å². The Hall–Kier alpha value is -0.800. The third-order valence-electron chi connectivity index (χ3n) is 4.23. The molecule has 1 unspecified atom stereocenters. The zero-order valence-electron chi connectivity index (χ0n) is 10.9. The number of aryl methyl sites for hydroxylation is 1. The average Bonchev–Trinajstić information content (AvgIpc) is 2.78. The molecule has 1 heterocycles. The van der Waals surface area contributed by atoms with E-state index in [0.29, 0.717) is 5.92 Å². The van der Waals surface area contributed by atoms with Crippen molar-refractivity contribution in [1.82, 2.24) is 5.43 Å². The topological polar surface area (TPSA) is 51.2 Å². The molecule has 1 aliphatic rings. The van der Waals surface area contributed by atoms with Gasteiger partial charge in [-0.1, -0.05) is 26.2 Å². The van der Waals surface area contributed by atoms with Gasteiger partial charge in [-0.05, 0) is 37.7 Å². The highest BCUT2D eigenvalue weighted by molar-refractivity contribution is 5.17. The van der Waals surface area contributed by atoms with Gasteiger partial charge in [0.1, 0.15) is 5.76 Å². The first-order chi connectivity index (χ1) is 8.24. The van der Waals surface area contributed by atoms with Gasteiger partial charge in [0.2, 0.25) is 0 Å². The smallest absolute Gasteiger partial charge is 0.101 e. The average molecular weight is 236 g/mol. The molecule has 0 saturated heterocycles. The minimum absolute atomic E-state index is 0.255.